The third-order valence-corrected chi connectivity index (χ3v) is 4.31. The van der Waals surface area contributed by atoms with Crippen LogP contribution in [0.15, 0.2) is 53.5 Å². The lowest BCUT2D eigenvalue weighted by atomic mass is 10.2. The summed E-state index contributed by atoms with van der Waals surface area (Å²) in [6, 6.07) is 11.9. The average Bonchev–Trinajstić information content (AvgIpc) is 2.69. The molecule has 0 atom stereocenters. The van der Waals surface area contributed by atoms with Crippen LogP contribution in [-0.2, 0) is 4.79 Å². The fraction of sp³-hybridized carbons (Fsp3) is 0.263. The first-order valence-corrected chi connectivity index (χ1v) is 8.62. The molecule has 1 saturated heterocycles. The topological polar surface area (TPSA) is 74.0 Å². The van der Waals surface area contributed by atoms with Gasteiger partial charge >= 0.3 is 0 Å². The fourth-order valence-corrected chi connectivity index (χ4v) is 2.83. The van der Waals surface area contributed by atoms with E-state index in [0.29, 0.717) is 24.7 Å². The monoisotopic (exact) mass is 373 g/mol. The van der Waals surface area contributed by atoms with Gasteiger partial charge in [-0.25, -0.2) is 13.8 Å². The summed E-state index contributed by atoms with van der Waals surface area (Å²) >= 11 is 0. The van der Waals surface area contributed by atoms with Gasteiger partial charge in [-0.05, 0) is 48.5 Å². The lowest BCUT2D eigenvalue weighted by molar-refractivity contribution is -0.114. The first-order valence-electron chi connectivity index (χ1n) is 8.62. The molecule has 2 aromatic rings. The molecular formula is C19H21F2N5O. The van der Waals surface area contributed by atoms with E-state index in [9.17, 15) is 13.6 Å². The second-order valence-electron chi connectivity index (χ2n) is 6.18. The first-order chi connectivity index (χ1) is 13.0. The number of hydrogen-bond donors (Lipinski definition) is 2. The Morgan fingerprint density at radius 2 is 1.52 bits per heavy atom. The zero-order chi connectivity index (χ0) is 19.2. The predicted molar refractivity (Wildman–Crippen MR) is 102 cm³/mol. The highest BCUT2D eigenvalue weighted by Gasteiger charge is 2.18. The summed E-state index contributed by atoms with van der Waals surface area (Å²) in [5, 5.41) is 2.63. The molecule has 0 spiro atoms. The molecule has 2 aromatic carbocycles. The van der Waals surface area contributed by atoms with Gasteiger partial charge in [-0.3, -0.25) is 4.79 Å². The van der Waals surface area contributed by atoms with E-state index >= 15 is 0 Å². The van der Waals surface area contributed by atoms with Crippen LogP contribution in [0.25, 0.3) is 0 Å². The van der Waals surface area contributed by atoms with E-state index in [4.69, 9.17) is 5.73 Å². The Hall–Kier alpha value is -3.16. The third-order valence-electron chi connectivity index (χ3n) is 4.31. The molecule has 0 radical (unpaired) electrons. The number of nitrogens with zero attached hydrogens (tertiary/aromatic N) is 3. The van der Waals surface area contributed by atoms with Crippen LogP contribution >= 0.6 is 0 Å². The van der Waals surface area contributed by atoms with E-state index in [2.05, 4.69) is 15.2 Å². The van der Waals surface area contributed by atoms with Crippen LogP contribution in [0.3, 0.4) is 0 Å². The molecule has 0 aliphatic carbocycles. The van der Waals surface area contributed by atoms with Gasteiger partial charge in [0.05, 0.1) is 0 Å². The molecule has 0 saturated carbocycles. The van der Waals surface area contributed by atoms with E-state index in [-0.39, 0.29) is 24.1 Å². The fourth-order valence-electron chi connectivity index (χ4n) is 2.83. The molecule has 3 N–H and O–H groups in total. The number of carbonyl (C=O) groups is 1. The summed E-state index contributed by atoms with van der Waals surface area (Å²) in [7, 11) is 0. The number of aliphatic imine (C=N–C) groups is 1. The zero-order valence-corrected chi connectivity index (χ0v) is 14.7. The van der Waals surface area contributed by atoms with Gasteiger partial charge in [0.25, 0.3) is 0 Å². The molecule has 1 fully saturated rings. The Morgan fingerprint density at radius 1 is 0.963 bits per heavy atom. The van der Waals surface area contributed by atoms with Crippen molar-refractivity contribution in [2.45, 2.75) is 0 Å². The molecule has 6 nitrogen and oxygen atoms in total. The minimum atomic E-state index is -0.366. The second-order valence-corrected chi connectivity index (χ2v) is 6.18. The van der Waals surface area contributed by atoms with Gasteiger partial charge in [-0.2, -0.15) is 0 Å². The first kappa shape index (κ1) is 18.6. The number of hydrogen-bond acceptors (Lipinski definition) is 3. The number of rotatable bonds is 4. The Kier molecular flexibility index (Phi) is 5.85. The number of piperazine rings is 1. The Bertz CT molecular complexity index is 800. The van der Waals surface area contributed by atoms with Crippen molar-refractivity contribution in [1.82, 2.24) is 4.90 Å². The van der Waals surface area contributed by atoms with Crippen molar-refractivity contribution in [2.75, 3.05) is 42.9 Å². The van der Waals surface area contributed by atoms with Crippen LogP contribution in [0.5, 0.6) is 0 Å². The SMILES string of the molecule is NC(=NCC(=O)Nc1ccc(F)cc1)N1CCN(c2ccc(F)cc2)CC1. The summed E-state index contributed by atoms with van der Waals surface area (Å²) in [6.07, 6.45) is 0. The molecule has 1 aliphatic rings. The van der Waals surface area contributed by atoms with Crippen molar-refractivity contribution in [3.63, 3.8) is 0 Å². The molecular weight excluding hydrogens is 352 g/mol. The maximum atomic E-state index is 13.0. The number of benzene rings is 2. The van der Waals surface area contributed by atoms with E-state index in [1.165, 1.54) is 36.4 Å². The molecule has 27 heavy (non-hydrogen) atoms. The Morgan fingerprint density at radius 3 is 2.11 bits per heavy atom. The normalized spacial score (nSPS) is 15.0. The van der Waals surface area contributed by atoms with Crippen LogP contribution in [0.1, 0.15) is 0 Å². The van der Waals surface area contributed by atoms with Gasteiger partial charge in [0.2, 0.25) is 5.91 Å². The maximum Gasteiger partial charge on any atom is 0.246 e. The molecule has 3 rings (SSSR count). The smallest absolute Gasteiger partial charge is 0.246 e. The molecule has 1 amide bonds. The highest BCUT2D eigenvalue weighted by Crippen LogP contribution is 2.16. The van der Waals surface area contributed by atoms with E-state index < -0.39 is 0 Å². The second kappa shape index (κ2) is 8.48. The number of carbonyl (C=O) groups excluding carboxylic acids is 1. The Labute approximate surface area is 156 Å². The number of halogens is 2. The summed E-state index contributed by atoms with van der Waals surface area (Å²) in [5.41, 5.74) is 7.46. The number of guanidine groups is 1. The van der Waals surface area contributed by atoms with Crippen LogP contribution in [-0.4, -0.2) is 49.5 Å². The summed E-state index contributed by atoms with van der Waals surface area (Å²) < 4.78 is 25.9. The van der Waals surface area contributed by atoms with Crippen molar-refractivity contribution >= 4 is 23.2 Å². The van der Waals surface area contributed by atoms with Crippen molar-refractivity contribution < 1.29 is 13.6 Å². The minimum Gasteiger partial charge on any atom is -0.370 e. The number of nitrogens with one attached hydrogen (secondary N) is 1. The van der Waals surface area contributed by atoms with Crippen molar-refractivity contribution in [3.05, 3.63) is 60.2 Å². The van der Waals surface area contributed by atoms with Gasteiger partial charge in [0, 0.05) is 37.6 Å². The molecule has 0 aromatic heterocycles. The molecule has 0 bridgehead atoms. The highest BCUT2D eigenvalue weighted by molar-refractivity contribution is 5.93. The zero-order valence-electron chi connectivity index (χ0n) is 14.7. The summed E-state index contributed by atoms with van der Waals surface area (Å²) in [5.74, 6) is -0.639. The Balaban J connectivity index is 1.48. The molecule has 142 valence electrons. The predicted octanol–water partition coefficient (Wildman–Crippen LogP) is 2.04. The summed E-state index contributed by atoms with van der Waals surface area (Å²) in [4.78, 5) is 20.1. The molecule has 8 heteroatoms. The molecule has 0 unspecified atom stereocenters. The van der Waals surface area contributed by atoms with E-state index in [1.807, 2.05) is 4.90 Å². The lowest BCUT2D eigenvalue weighted by Crippen LogP contribution is -2.51. The number of nitrogens with two attached hydrogens (primary N) is 1. The van der Waals surface area contributed by atoms with E-state index in [0.717, 1.165) is 18.8 Å². The largest absolute Gasteiger partial charge is 0.370 e. The quantitative estimate of drug-likeness (QED) is 0.635. The number of amides is 1. The summed E-state index contributed by atoms with van der Waals surface area (Å²) in [6.45, 7) is 2.66. The van der Waals surface area contributed by atoms with Gasteiger partial charge in [-0.15, -0.1) is 0 Å². The average molecular weight is 373 g/mol. The van der Waals surface area contributed by atoms with Gasteiger partial charge < -0.3 is 20.9 Å². The third kappa shape index (κ3) is 5.16. The van der Waals surface area contributed by atoms with Crippen molar-refractivity contribution in [2.24, 2.45) is 10.7 Å². The minimum absolute atomic E-state index is 0.110. The maximum absolute atomic E-state index is 13.0. The standard InChI is InChI=1S/C19H21F2N5O/c20-14-1-5-16(6-2-14)24-18(27)13-23-19(22)26-11-9-25(10-12-26)17-7-3-15(21)4-8-17/h1-8H,9-13H2,(H2,22,23)(H,24,27). The van der Waals surface area contributed by atoms with Crippen LogP contribution in [0.2, 0.25) is 0 Å². The van der Waals surface area contributed by atoms with Gasteiger partial charge in [-0.1, -0.05) is 0 Å². The molecule has 1 heterocycles. The van der Waals surface area contributed by atoms with Crippen LogP contribution < -0.4 is 16.0 Å². The van der Waals surface area contributed by atoms with E-state index in [1.54, 1.807) is 12.1 Å². The van der Waals surface area contributed by atoms with Crippen LogP contribution in [0, 0.1) is 11.6 Å². The highest BCUT2D eigenvalue weighted by atomic mass is 19.1. The lowest BCUT2D eigenvalue weighted by Gasteiger charge is -2.36. The van der Waals surface area contributed by atoms with Crippen molar-refractivity contribution in [1.29, 1.82) is 0 Å². The van der Waals surface area contributed by atoms with Gasteiger partial charge in [0.15, 0.2) is 5.96 Å². The van der Waals surface area contributed by atoms with Crippen molar-refractivity contribution in [3.8, 4) is 0 Å². The molecule has 1 aliphatic heterocycles. The number of anilines is 2. The van der Waals surface area contributed by atoms with Crippen LogP contribution in [0.4, 0.5) is 20.2 Å². The van der Waals surface area contributed by atoms with Gasteiger partial charge in [0.1, 0.15) is 18.2 Å².